The van der Waals surface area contributed by atoms with Crippen LogP contribution in [0.3, 0.4) is 0 Å². The zero-order valence-electron chi connectivity index (χ0n) is 19.4. The van der Waals surface area contributed by atoms with E-state index in [0.29, 0.717) is 38.0 Å². The van der Waals surface area contributed by atoms with Crippen molar-refractivity contribution in [2.75, 3.05) is 44.3 Å². The first kappa shape index (κ1) is 23.8. The molecule has 1 unspecified atom stereocenters. The van der Waals surface area contributed by atoms with Crippen LogP contribution < -0.4 is 11.1 Å². The first-order valence-corrected chi connectivity index (χ1v) is 13.0. The maximum Gasteiger partial charge on any atom is 0.282 e. The molecule has 2 aromatic rings. The molecule has 0 radical (unpaired) electrons. The Morgan fingerprint density at radius 2 is 1.70 bits per heavy atom. The minimum atomic E-state index is -3.45. The molecular formula is C22H34N8O2S. The molecule has 1 aliphatic carbocycles. The number of nitrogens with zero attached hydrogens (tertiary/aromatic N) is 6. The van der Waals surface area contributed by atoms with Crippen molar-refractivity contribution in [1.82, 2.24) is 28.5 Å². The lowest BCUT2D eigenvalue weighted by Crippen LogP contribution is -2.54. The van der Waals surface area contributed by atoms with E-state index >= 15 is 0 Å². The molecule has 11 heteroatoms. The number of benzene rings is 1. The minimum absolute atomic E-state index is 0.115. The van der Waals surface area contributed by atoms with Crippen LogP contribution in [0.5, 0.6) is 0 Å². The zero-order valence-corrected chi connectivity index (χ0v) is 20.2. The summed E-state index contributed by atoms with van der Waals surface area (Å²) in [7, 11) is -1.72. The number of para-hydroxylation sites is 1. The number of piperazine rings is 1. The van der Waals surface area contributed by atoms with Crippen LogP contribution in [0.2, 0.25) is 0 Å². The first-order valence-electron chi connectivity index (χ1n) is 11.7. The van der Waals surface area contributed by atoms with E-state index in [2.05, 4.69) is 25.2 Å². The fourth-order valence-corrected chi connectivity index (χ4v) is 6.18. The van der Waals surface area contributed by atoms with E-state index < -0.39 is 10.2 Å². The van der Waals surface area contributed by atoms with Gasteiger partial charge in [0.15, 0.2) is 5.82 Å². The molecule has 2 heterocycles. The topological polar surface area (TPSA) is 121 Å². The van der Waals surface area contributed by atoms with Crippen molar-refractivity contribution in [3.8, 4) is 0 Å². The molecule has 33 heavy (non-hydrogen) atoms. The largest absolute Gasteiger partial charge is 0.368 e. The average molecular weight is 475 g/mol. The summed E-state index contributed by atoms with van der Waals surface area (Å²) < 4.78 is 29.5. The van der Waals surface area contributed by atoms with Crippen molar-refractivity contribution in [1.29, 1.82) is 0 Å². The van der Waals surface area contributed by atoms with Crippen molar-refractivity contribution >= 4 is 27.8 Å². The van der Waals surface area contributed by atoms with Crippen LogP contribution in [0.4, 0.5) is 17.6 Å². The van der Waals surface area contributed by atoms with E-state index in [1.54, 1.807) is 15.7 Å². The standard InChI is InChI=1S/C22H34N8O2S/c1-17(20-25-21(23)27-22(26-20)24-18-9-5-3-6-10-18)29-13-15-30(16-14-29)33(31,32)28(2)19-11-7-4-8-12-19/h3,5-6,9-10,17,19H,4,7-8,11-16H2,1-2H3,(H3,23,24,25,26,27). The van der Waals surface area contributed by atoms with Gasteiger partial charge in [0.25, 0.3) is 10.2 Å². The Morgan fingerprint density at radius 1 is 1.03 bits per heavy atom. The normalized spacial score (nSPS) is 20.1. The molecule has 1 aliphatic heterocycles. The van der Waals surface area contributed by atoms with Crippen molar-refractivity contribution < 1.29 is 8.42 Å². The molecule has 0 spiro atoms. The second-order valence-corrected chi connectivity index (χ2v) is 10.8. The molecular weight excluding hydrogens is 440 g/mol. The molecule has 0 amide bonds. The third-order valence-electron chi connectivity index (χ3n) is 6.67. The van der Waals surface area contributed by atoms with Gasteiger partial charge in [0.2, 0.25) is 11.9 Å². The van der Waals surface area contributed by atoms with Crippen LogP contribution in [0, 0.1) is 0 Å². The molecule has 0 bridgehead atoms. The van der Waals surface area contributed by atoms with Crippen LogP contribution in [0.25, 0.3) is 0 Å². The third kappa shape index (κ3) is 5.60. The van der Waals surface area contributed by atoms with Crippen molar-refractivity contribution in [3.05, 3.63) is 36.2 Å². The first-order chi connectivity index (χ1) is 15.8. The van der Waals surface area contributed by atoms with Crippen molar-refractivity contribution in [2.24, 2.45) is 0 Å². The number of nitrogen functional groups attached to an aromatic ring is 1. The van der Waals surface area contributed by atoms with Crippen molar-refractivity contribution in [3.63, 3.8) is 0 Å². The summed E-state index contributed by atoms with van der Waals surface area (Å²) in [6.45, 7) is 4.11. The van der Waals surface area contributed by atoms with Gasteiger partial charge >= 0.3 is 0 Å². The Balaban J connectivity index is 1.39. The van der Waals surface area contributed by atoms with E-state index in [1.165, 1.54) is 6.42 Å². The Labute approximate surface area is 196 Å². The summed E-state index contributed by atoms with van der Waals surface area (Å²) in [6.07, 6.45) is 5.31. The van der Waals surface area contributed by atoms with E-state index in [-0.39, 0.29) is 18.0 Å². The third-order valence-corrected chi connectivity index (χ3v) is 8.72. The van der Waals surface area contributed by atoms with Gasteiger partial charge in [-0.3, -0.25) is 4.90 Å². The van der Waals surface area contributed by atoms with E-state index in [4.69, 9.17) is 5.73 Å². The van der Waals surface area contributed by atoms with Gasteiger partial charge in [-0.05, 0) is 31.9 Å². The van der Waals surface area contributed by atoms with Gasteiger partial charge in [0.1, 0.15) is 0 Å². The molecule has 1 saturated heterocycles. The highest BCUT2D eigenvalue weighted by molar-refractivity contribution is 7.86. The molecule has 1 atom stereocenters. The van der Waals surface area contributed by atoms with Gasteiger partial charge in [-0.15, -0.1) is 0 Å². The lowest BCUT2D eigenvalue weighted by atomic mass is 9.96. The number of rotatable bonds is 7. The Morgan fingerprint density at radius 3 is 2.36 bits per heavy atom. The molecule has 2 aliphatic rings. The summed E-state index contributed by atoms with van der Waals surface area (Å²) >= 11 is 0. The second kappa shape index (κ2) is 10.3. The fourth-order valence-electron chi connectivity index (χ4n) is 4.60. The summed E-state index contributed by atoms with van der Waals surface area (Å²) in [5, 5.41) is 3.16. The molecule has 180 valence electrons. The summed E-state index contributed by atoms with van der Waals surface area (Å²) in [5.41, 5.74) is 6.81. The second-order valence-electron chi connectivity index (χ2n) is 8.79. The van der Waals surface area contributed by atoms with Gasteiger partial charge in [-0.2, -0.15) is 32.0 Å². The quantitative estimate of drug-likeness (QED) is 0.628. The van der Waals surface area contributed by atoms with Gasteiger partial charge in [0.05, 0.1) is 6.04 Å². The number of nitrogens with two attached hydrogens (primary N) is 1. The zero-order chi connectivity index (χ0) is 23.4. The Hall–Kier alpha value is -2.34. The highest BCUT2D eigenvalue weighted by atomic mass is 32.2. The summed E-state index contributed by atoms with van der Waals surface area (Å²) in [4.78, 5) is 15.3. The van der Waals surface area contributed by atoms with Gasteiger partial charge in [-0.1, -0.05) is 37.5 Å². The lowest BCUT2D eigenvalue weighted by Gasteiger charge is -2.40. The minimum Gasteiger partial charge on any atom is -0.368 e. The monoisotopic (exact) mass is 474 g/mol. The molecule has 4 rings (SSSR count). The number of hydrogen-bond donors (Lipinski definition) is 2. The maximum atomic E-state index is 13.2. The van der Waals surface area contributed by atoms with Crippen LogP contribution in [-0.2, 0) is 10.2 Å². The van der Waals surface area contributed by atoms with Gasteiger partial charge < -0.3 is 11.1 Å². The highest BCUT2D eigenvalue weighted by Crippen LogP contribution is 2.26. The number of nitrogens with one attached hydrogen (secondary N) is 1. The Kier molecular flexibility index (Phi) is 7.42. The summed E-state index contributed by atoms with van der Waals surface area (Å²) in [5.74, 6) is 1.11. The molecule has 1 saturated carbocycles. The maximum absolute atomic E-state index is 13.2. The lowest BCUT2D eigenvalue weighted by molar-refractivity contribution is 0.135. The van der Waals surface area contributed by atoms with E-state index in [9.17, 15) is 8.42 Å². The predicted molar refractivity (Wildman–Crippen MR) is 129 cm³/mol. The molecule has 1 aromatic carbocycles. The predicted octanol–water partition coefficient (Wildman–Crippen LogP) is 2.39. The van der Waals surface area contributed by atoms with Crippen LogP contribution in [0.15, 0.2) is 30.3 Å². The van der Waals surface area contributed by atoms with Gasteiger partial charge in [0, 0.05) is 45.0 Å². The molecule has 10 nitrogen and oxygen atoms in total. The molecule has 3 N–H and O–H groups in total. The fraction of sp³-hybridized carbons (Fsp3) is 0.591. The number of aromatic nitrogens is 3. The highest BCUT2D eigenvalue weighted by Gasteiger charge is 2.35. The Bertz CT molecular complexity index is 1020. The van der Waals surface area contributed by atoms with Crippen molar-refractivity contribution in [2.45, 2.75) is 51.1 Å². The van der Waals surface area contributed by atoms with Gasteiger partial charge in [-0.25, -0.2) is 0 Å². The SMILES string of the molecule is CC(c1nc(N)nc(Nc2ccccc2)n1)N1CCN(S(=O)(=O)N(C)C2CCCCC2)CC1. The number of hydrogen-bond acceptors (Lipinski definition) is 8. The van der Waals surface area contributed by atoms with E-state index in [0.717, 1.165) is 31.4 Å². The number of anilines is 3. The van der Waals surface area contributed by atoms with Crippen LogP contribution in [-0.4, -0.2) is 76.1 Å². The van der Waals surface area contributed by atoms with Crippen LogP contribution in [0.1, 0.15) is 50.9 Å². The molecule has 1 aromatic heterocycles. The smallest absolute Gasteiger partial charge is 0.282 e. The van der Waals surface area contributed by atoms with E-state index in [1.807, 2.05) is 37.3 Å². The summed E-state index contributed by atoms with van der Waals surface area (Å²) in [6, 6.07) is 9.63. The molecule has 2 fully saturated rings. The average Bonchev–Trinajstić information content (AvgIpc) is 2.84. The van der Waals surface area contributed by atoms with Crippen LogP contribution >= 0.6 is 0 Å².